The van der Waals surface area contributed by atoms with Gasteiger partial charge in [0.05, 0.1) is 19.3 Å². The molecule has 126 valence electrons. The van der Waals surface area contributed by atoms with Gasteiger partial charge in [-0.15, -0.1) is 0 Å². The van der Waals surface area contributed by atoms with Crippen LogP contribution in [0.1, 0.15) is 5.56 Å². The maximum absolute atomic E-state index is 10.2. The van der Waals surface area contributed by atoms with Gasteiger partial charge in [-0.25, -0.2) is 4.98 Å². The first-order valence-electron chi connectivity index (χ1n) is 8.47. The molecular formula is C20H20N4O. The van der Waals surface area contributed by atoms with Crippen molar-refractivity contribution in [2.75, 3.05) is 31.1 Å². The zero-order valence-corrected chi connectivity index (χ0v) is 13.9. The normalized spacial score (nSPS) is 15.2. The smallest absolute Gasteiger partial charge is 0.128 e. The third-order valence-corrected chi connectivity index (χ3v) is 4.53. The summed E-state index contributed by atoms with van der Waals surface area (Å²) in [5.74, 6) is 1.27. The van der Waals surface area contributed by atoms with E-state index < -0.39 is 0 Å². The molecule has 0 saturated carbocycles. The molecule has 0 spiro atoms. The summed E-state index contributed by atoms with van der Waals surface area (Å²) in [4.78, 5) is 6.67. The van der Waals surface area contributed by atoms with Crippen molar-refractivity contribution in [1.29, 1.82) is 0 Å². The minimum Gasteiger partial charge on any atom is -0.507 e. The van der Waals surface area contributed by atoms with Gasteiger partial charge in [0.2, 0.25) is 0 Å². The molecule has 1 aliphatic heterocycles. The highest BCUT2D eigenvalue weighted by Gasteiger charge is 2.16. The number of aromatic hydroxyl groups is 1. The monoisotopic (exact) mass is 332 g/mol. The topological polar surface area (TPSA) is 52.0 Å². The molecule has 0 amide bonds. The van der Waals surface area contributed by atoms with Crippen LogP contribution in [0.4, 0.5) is 5.82 Å². The van der Waals surface area contributed by atoms with E-state index in [2.05, 4.69) is 15.0 Å². The third kappa shape index (κ3) is 3.26. The Balaban J connectivity index is 1.48. The number of phenols is 1. The maximum atomic E-state index is 10.2. The van der Waals surface area contributed by atoms with Gasteiger partial charge in [-0.3, -0.25) is 5.01 Å². The fourth-order valence-corrected chi connectivity index (χ4v) is 3.14. The molecule has 5 heteroatoms. The van der Waals surface area contributed by atoms with E-state index in [1.165, 1.54) is 0 Å². The predicted octanol–water partition coefficient (Wildman–Crippen LogP) is 3.10. The first-order chi connectivity index (χ1) is 12.3. The fraction of sp³-hybridized carbons (Fsp3) is 0.200. The first-order valence-corrected chi connectivity index (χ1v) is 8.47. The highest BCUT2D eigenvalue weighted by Crippen LogP contribution is 2.25. The standard InChI is InChI=1S/C20H20N4O/c25-19-9-8-16-5-1-2-6-17(16)18(19)15-22-24-13-11-23(12-14-24)20-7-3-4-10-21-20/h1-10,15,25H,11-14H2/b22-15-. The van der Waals surface area contributed by atoms with Crippen molar-refractivity contribution in [2.45, 2.75) is 0 Å². The van der Waals surface area contributed by atoms with Gasteiger partial charge in [0.15, 0.2) is 0 Å². The average molecular weight is 332 g/mol. The Kier molecular flexibility index (Phi) is 4.21. The number of aromatic nitrogens is 1. The van der Waals surface area contributed by atoms with Gasteiger partial charge in [-0.1, -0.05) is 36.4 Å². The first kappa shape index (κ1) is 15.4. The van der Waals surface area contributed by atoms with Gasteiger partial charge in [-0.05, 0) is 29.0 Å². The van der Waals surface area contributed by atoms with Gasteiger partial charge < -0.3 is 10.0 Å². The van der Waals surface area contributed by atoms with Crippen LogP contribution in [0.2, 0.25) is 0 Å². The number of hydrazone groups is 1. The zero-order valence-electron chi connectivity index (χ0n) is 13.9. The summed E-state index contributed by atoms with van der Waals surface area (Å²) in [6, 6.07) is 17.6. The maximum Gasteiger partial charge on any atom is 0.128 e. The van der Waals surface area contributed by atoms with Crippen LogP contribution in [0, 0.1) is 0 Å². The van der Waals surface area contributed by atoms with E-state index >= 15 is 0 Å². The molecule has 1 fully saturated rings. The van der Waals surface area contributed by atoms with E-state index in [1.54, 1.807) is 12.3 Å². The van der Waals surface area contributed by atoms with Crippen LogP contribution in [-0.2, 0) is 0 Å². The lowest BCUT2D eigenvalue weighted by atomic mass is 10.0. The number of hydrogen-bond donors (Lipinski definition) is 1. The zero-order chi connectivity index (χ0) is 17.1. The summed E-state index contributed by atoms with van der Waals surface area (Å²) < 4.78 is 0. The fourth-order valence-electron chi connectivity index (χ4n) is 3.14. The Morgan fingerprint density at radius 1 is 0.920 bits per heavy atom. The molecule has 2 heterocycles. The molecule has 0 aliphatic carbocycles. The molecule has 1 aromatic heterocycles. The number of phenolic OH excluding ortho intramolecular Hbond substituents is 1. The largest absolute Gasteiger partial charge is 0.507 e. The predicted molar refractivity (Wildman–Crippen MR) is 101 cm³/mol. The molecule has 0 unspecified atom stereocenters. The van der Waals surface area contributed by atoms with Crippen molar-refractivity contribution >= 4 is 22.8 Å². The van der Waals surface area contributed by atoms with Crippen molar-refractivity contribution in [1.82, 2.24) is 9.99 Å². The van der Waals surface area contributed by atoms with Crippen molar-refractivity contribution in [3.63, 3.8) is 0 Å². The van der Waals surface area contributed by atoms with Crippen molar-refractivity contribution in [2.24, 2.45) is 5.10 Å². The Hall–Kier alpha value is -3.08. The van der Waals surface area contributed by atoms with Gasteiger partial charge in [0.25, 0.3) is 0 Å². The SMILES string of the molecule is Oc1ccc2ccccc2c1/C=N\N1CCN(c2ccccn2)CC1. The number of fused-ring (bicyclic) bond motifs is 1. The summed E-state index contributed by atoms with van der Waals surface area (Å²) in [6.07, 6.45) is 3.59. The molecule has 0 radical (unpaired) electrons. The summed E-state index contributed by atoms with van der Waals surface area (Å²) in [5.41, 5.74) is 0.769. The summed E-state index contributed by atoms with van der Waals surface area (Å²) in [7, 11) is 0. The van der Waals surface area contributed by atoms with Gasteiger partial charge >= 0.3 is 0 Å². The van der Waals surface area contributed by atoms with Crippen LogP contribution < -0.4 is 4.90 Å². The molecule has 1 N–H and O–H groups in total. The molecule has 3 aromatic rings. The van der Waals surface area contributed by atoms with Crippen molar-refractivity contribution in [3.05, 3.63) is 66.4 Å². The molecule has 0 atom stereocenters. The number of nitrogens with zero attached hydrogens (tertiary/aromatic N) is 4. The summed E-state index contributed by atoms with van der Waals surface area (Å²) in [6.45, 7) is 3.43. The van der Waals surface area contributed by atoms with E-state index in [0.717, 1.165) is 48.3 Å². The van der Waals surface area contributed by atoms with E-state index in [0.29, 0.717) is 0 Å². The average Bonchev–Trinajstić information content (AvgIpc) is 2.68. The minimum absolute atomic E-state index is 0.259. The van der Waals surface area contributed by atoms with E-state index in [-0.39, 0.29) is 5.75 Å². The van der Waals surface area contributed by atoms with Crippen molar-refractivity contribution in [3.8, 4) is 5.75 Å². The second-order valence-electron chi connectivity index (χ2n) is 6.09. The Morgan fingerprint density at radius 2 is 1.72 bits per heavy atom. The number of anilines is 1. The van der Waals surface area contributed by atoms with Crippen LogP contribution in [0.15, 0.2) is 65.9 Å². The van der Waals surface area contributed by atoms with Crippen LogP contribution in [-0.4, -0.2) is 47.5 Å². The molecule has 0 bridgehead atoms. The van der Waals surface area contributed by atoms with Crippen LogP contribution in [0.3, 0.4) is 0 Å². The number of benzene rings is 2. The minimum atomic E-state index is 0.259. The lowest BCUT2D eigenvalue weighted by Gasteiger charge is -2.33. The van der Waals surface area contributed by atoms with Crippen molar-refractivity contribution < 1.29 is 5.11 Å². The highest BCUT2D eigenvalue weighted by atomic mass is 16.3. The molecule has 5 nitrogen and oxygen atoms in total. The lowest BCUT2D eigenvalue weighted by Crippen LogP contribution is -2.44. The van der Waals surface area contributed by atoms with Crippen LogP contribution in [0.25, 0.3) is 10.8 Å². The van der Waals surface area contributed by atoms with E-state index in [1.807, 2.05) is 59.7 Å². The second-order valence-corrected chi connectivity index (χ2v) is 6.09. The number of piperazine rings is 1. The van der Waals surface area contributed by atoms with Crippen LogP contribution in [0.5, 0.6) is 5.75 Å². The highest BCUT2D eigenvalue weighted by molar-refractivity contribution is 6.02. The summed E-state index contributed by atoms with van der Waals surface area (Å²) >= 11 is 0. The van der Waals surface area contributed by atoms with Gasteiger partial charge in [0, 0.05) is 24.8 Å². The Labute approximate surface area is 146 Å². The van der Waals surface area contributed by atoms with E-state index in [4.69, 9.17) is 0 Å². The molecular weight excluding hydrogens is 312 g/mol. The van der Waals surface area contributed by atoms with E-state index in [9.17, 15) is 5.11 Å². The lowest BCUT2D eigenvalue weighted by molar-refractivity contribution is 0.271. The number of pyridine rings is 1. The molecule has 4 rings (SSSR count). The third-order valence-electron chi connectivity index (χ3n) is 4.53. The van der Waals surface area contributed by atoms with Crippen LogP contribution >= 0.6 is 0 Å². The molecule has 1 saturated heterocycles. The van der Waals surface area contributed by atoms with Gasteiger partial charge in [0.1, 0.15) is 11.6 Å². The quantitative estimate of drug-likeness (QED) is 0.749. The molecule has 25 heavy (non-hydrogen) atoms. The Bertz CT molecular complexity index is 887. The summed E-state index contributed by atoms with van der Waals surface area (Å²) in [5, 5.41) is 18.9. The second kappa shape index (κ2) is 6.81. The molecule has 1 aliphatic rings. The van der Waals surface area contributed by atoms with Gasteiger partial charge in [-0.2, -0.15) is 5.10 Å². The number of rotatable bonds is 3. The number of hydrogen-bond acceptors (Lipinski definition) is 5. The molecule has 2 aromatic carbocycles. The Morgan fingerprint density at radius 3 is 2.52 bits per heavy atom.